The molecular weight excluding hydrogens is 276 g/mol. The molecule has 2 aliphatic rings. The normalized spacial score (nSPS) is 25.2. The first-order valence-corrected chi connectivity index (χ1v) is 7.51. The standard InChI is InChI=1S/C18H16N2O2/c21-20(22)17-11-4-2-7-15(17)18-14-9-5-8-12(14)13-6-1-3-10-16(13)19-18/h1-8,10-12,14,18-19H,9H2/t12-,14+,18+/m1/s1. The Morgan fingerprint density at radius 3 is 2.59 bits per heavy atom. The summed E-state index contributed by atoms with van der Waals surface area (Å²) in [5.74, 6) is 0.665. The minimum atomic E-state index is -0.283. The molecule has 0 radical (unpaired) electrons. The molecule has 1 aliphatic heterocycles. The molecule has 0 amide bonds. The van der Waals surface area contributed by atoms with E-state index in [9.17, 15) is 10.1 Å². The Balaban J connectivity index is 1.83. The van der Waals surface area contributed by atoms with Crippen molar-refractivity contribution in [2.45, 2.75) is 18.4 Å². The zero-order chi connectivity index (χ0) is 15.1. The third-order valence-electron chi connectivity index (χ3n) is 4.74. The van der Waals surface area contributed by atoms with Crippen molar-refractivity contribution in [3.63, 3.8) is 0 Å². The first-order valence-electron chi connectivity index (χ1n) is 7.51. The molecule has 22 heavy (non-hydrogen) atoms. The van der Waals surface area contributed by atoms with Crippen LogP contribution in [-0.4, -0.2) is 4.92 Å². The molecule has 0 unspecified atom stereocenters. The highest BCUT2D eigenvalue weighted by molar-refractivity contribution is 5.61. The average Bonchev–Trinajstić information content (AvgIpc) is 3.04. The van der Waals surface area contributed by atoms with Crippen LogP contribution in [0.5, 0.6) is 0 Å². The summed E-state index contributed by atoms with van der Waals surface area (Å²) >= 11 is 0. The van der Waals surface area contributed by atoms with Crippen molar-refractivity contribution in [2.24, 2.45) is 5.92 Å². The summed E-state index contributed by atoms with van der Waals surface area (Å²) in [5, 5.41) is 14.9. The Morgan fingerprint density at radius 2 is 1.77 bits per heavy atom. The monoisotopic (exact) mass is 292 g/mol. The largest absolute Gasteiger partial charge is 0.377 e. The predicted octanol–water partition coefficient (Wildman–Crippen LogP) is 4.42. The summed E-state index contributed by atoms with van der Waals surface area (Å²) in [4.78, 5) is 11.1. The molecule has 1 aliphatic carbocycles. The van der Waals surface area contributed by atoms with E-state index in [4.69, 9.17) is 0 Å². The van der Waals surface area contributed by atoms with E-state index < -0.39 is 0 Å². The number of fused-ring (bicyclic) bond motifs is 3. The minimum absolute atomic E-state index is 0.0310. The zero-order valence-electron chi connectivity index (χ0n) is 12.0. The van der Waals surface area contributed by atoms with Crippen molar-refractivity contribution >= 4 is 11.4 Å². The number of allylic oxidation sites excluding steroid dienone is 2. The average molecular weight is 292 g/mol. The summed E-state index contributed by atoms with van der Waals surface area (Å²) in [6.07, 6.45) is 5.38. The summed E-state index contributed by atoms with van der Waals surface area (Å²) in [6.45, 7) is 0. The van der Waals surface area contributed by atoms with Crippen molar-refractivity contribution in [2.75, 3.05) is 5.32 Å². The number of benzene rings is 2. The number of anilines is 1. The van der Waals surface area contributed by atoms with Crippen molar-refractivity contribution < 1.29 is 4.92 Å². The van der Waals surface area contributed by atoms with Crippen LogP contribution in [0.4, 0.5) is 11.4 Å². The second-order valence-electron chi connectivity index (χ2n) is 5.88. The topological polar surface area (TPSA) is 55.2 Å². The highest BCUT2D eigenvalue weighted by atomic mass is 16.6. The van der Waals surface area contributed by atoms with Crippen LogP contribution >= 0.6 is 0 Å². The number of nitrogens with zero attached hydrogens (tertiary/aromatic N) is 1. The van der Waals surface area contributed by atoms with E-state index in [1.165, 1.54) is 5.56 Å². The molecular formula is C18H16N2O2. The molecule has 0 aromatic heterocycles. The van der Waals surface area contributed by atoms with Gasteiger partial charge in [-0.15, -0.1) is 0 Å². The molecule has 3 atom stereocenters. The molecule has 2 aromatic carbocycles. The van der Waals surface area contributed by atoms with Gasteiger partial charge in [0.15, 0.2) is 0 Å². The van der Waals surface area contributed by atoms with Gasteiger partial charge in [-0.05, 0) is 24.0 Å². The van der Waals surface area contributed by atoms with Crippen LogP contribution in [0.3, 0.4) is 0 Å². The van der Waals surface area contributed by atoms with Crippen molar-refractivity contribution in [3.05, 3.63) is 81.9 Å². The maximum Gasteiger partial charge on any atom is 0.274 e. The van der Waals surface area contributed by atoms with Crippen LogP contribution in [0, 0.1) is 16.0 Å². The van der Waals surface area contributed by atoms with Crippen LogP contribution in [0.2, 0.25) is 0 Å². The fourth-order valence-corrected chi connectivity index (χ4v) is 3.77. The fraction of sp³-hybridized carbons (Fsp3) is 0.222. The van der Waals surface area contributed by atoms with Crippen molar-refractivity contribution in [1.29, 1.82) is 0 Å². The van der Waals surface area contributed by atoms with Gasteiger partial charge in [0.05, 0.1) is 16.5 Å². The Morgan fingerprint density at radius 1 is 1.05 bits per heavy atom. The number of para-hydroxylation sites is 2. The highest BCUT2D eigenvalue weighted by Gasteiger charge is 2.39. The lowest BCUT2D eigenvalue weighted by Gasteiger charge is -2.37. The van der Waals surface area contributed by atoms with Crippen LogP contribution in [0.15, 0.2) is 60.7 Å². The lowest BCUT2D eigenvalue weighted by atomic mass is 9.77. The SMILES string of the molecule is O=[N+]([O-])c1ccccc1[C@H]1Nc2ccccc2[C@H]2C=CC[C@@H]21. The van der Waals surface area contributed by atoms with E-state index in [1.54, 1.807) is 12.1 Å². The minimum Gasteiger partial charge on any atom is -0.377 e. The van der Waals surface area contributed by atoms with E-state index in [-0.39, 0.29) is 16.7 Å². The second kappa shape index (κ2) is 4.98. The molecule has 0 saturated heterocycles. The number of nitro groups is 1. The Labute approximate surface area is 128 Å². The quantitative estimate of drug-likeness (QED) is 0.506. The summed E-state index contributed by atoms with van der Waals surface area (Å²) in [6, 6.07) is 15.3. The van der Waals surface area contributed by atoms with E-state index in [2.05, 4.69) is 35.7 Å². The number of rotatable bonds is 2. The van der Waals surface area contributed by atoms with Crippen LogP contribution in [0.1, 0.15) is 29.5 Å². The molecule has 4 nitrogen and oxygen atoms in total. The van der Waals surface area contributed by atoms with Gasteiger partial charge in [0, 0.05) is 17.7 Å². The fourth-order valence-electron chi connectivity index (χ4n) is 3.77. The van der Waals surface area contributed by atoms with Gasteiger partial charge >= 0.3 is 0 Å². The first kappa shape index (κ1) is 13.1. The summed E-state index contributed by atoms with van der Waals surface area (Å²) in [7, 11) is 0. The van der Waals surface area contributed by atoms with Gasteiger partial charge in [0.1, 0.15) is 0 Å². The smallest absolute Gasteiger partial charge is 0.274 e. The summed E-state index contributed by atoms with van der Waals surface area (Å²) < 4.78 is 0. The van der Waals surface area contributed by atoms with E-state index in [0.29, 0.717) is 11.8 Å². The molecule has 0 saturated carbocycles. The molecule has 1 N–H and O–H groups in total. The molecule has 4 heteroatoms. The third-order valence-corrected chi connectivity index (χ3v) is 4.74. The lowest BCUT2D eigenvalue weighted by Crippen LogP contribution is -2.29. The van der Waals surface area contributed by atoms with Crippen molar-refractivity contribution in [1.82, 2.24) is 0 Å². The summed E-state index contributed by atoms with van der Waals surface area (Å²) in [5.41, 5.74) is 3.35. The molecule has 2 aromatic rings. The Kier molecular flexibility index (Phi) is 2.96. The van der Waals surface area contributed by atoms with Gasteiger partial charge in [0.2, 0.25) is 0 Å². The van der Waals surface area contributed by atoms with Gasteiger partial charge in [-0.3, -0.25) is 10.1 Å². The van der Waals surface area contributed by atoms with Crippen LogP contribution < -0.4 is 5.32 Å². The predicted molar refractivity (Wildman–Crippen MR) is 85.9 cm³/mol. The van der Waals surface area contributed by atoms with Gasteiger partial charge in [0.25, 0.3) is 5.69 Å². The van der Waals surface area contributed by atoms with Gasteiger partial charge in [-0.25, -0.2) is 0 Å². The van der Waals surface area contributed by atoms with Crippen LogP contribution in [-0.2, 0) is 0 Å². The second-order valence-corrected chi connectivity index (χ2v) is 5.88. The molecule has 4 rings (SSSR count). The van der Waals surface area contributed by atoms with E-state index >= 15 is 0 Å². The van der Waals surface area contributed by atoms with Gasteiger partial charge < -0.3 is 5.32 Å². The Hall–Kier alpha value is -2.62. The number of hydrogen-bond donors (Lipinski definition) is 1. The van der Waals surface area contributed by atoms with Gasteiger partial charge in [-0.2, -0.15) is 0 Å². The first-order chi connectivity index (χ1) is 10.8. The zero-order valence-corrected chi connectivity index (χ0v) is 12.0. The number of nitrogens with one attached hydrogen (secondary N) is 1. The van der Waals surface area contributed by atoms with E-state index in [0.717, 1.165) is 17.7 Å². The van der Waals surface area contributed by atoms with Gasteiger partial charge in [-0.1, -0.05) is 48.6 Å². The number of nitro benzene ring substituents is 1. The third kappa shape index (κ3) is 1.91. The molecule has 0 fully saturated rings. The number of hydrogen-bond acceptors (Lipinski definition) is 3. The molecule has 110 valence electrons. The highest BCUT2D eigenvalue weighted by Crippen LogP contribution is 2.50. The molecule has 0 bridgehead atoms. The molecule has 1 heterocycles. The van der Waals surface area contributed by atoms with E-state index in [1.807, 2.05) is 18.2 Å². The molecule has 0 spiro atoms. The van der Waals surface area contributed by atoms with Crippen LogP contribution in [0.25, 0.3) is 0 Å². The maximum atomic E-state index is 11.4. The maximum absolute atomic E-state index is 11.4. The Bertz CT molecular complexity index is 769. The lowest BCUT2D eigenvalue weighted by molar-refractivity contribution is -0.385. The van der Waals surface area contributed by atoms with Crippen molar-refractivity contribution in [3.8, 4) is 0 Å².